The average Bonchev–Trinajstić information content (AvgIpc) is 3.25. The van der Waals surface area contributed by atoms with Gasteiger partial charge in [-0.1, -0.05) is 18.2 Å². The van der Waals surface area contributed by atoms with Gasteiger partial charge in [0.25, 0.3) is 0 Å². The molecule has 29 heavy (non-hydrogen) atoms. The van der Waals surface area contributed by atoms with Gasteiger partial charge in [0.15, 0.2) is 11.5 Å². The molecular weight excluding hydrogens is 374 g/mol. The third kappa shape index (κ3) is 2.41. The molecule has 7 heteroatoms. The Morgan fingerprint density at radius 2 is 1.76 bits per heavy atom. The Morgan fingerprint density at radius 1 is 0.931 bits per heavy atom. The van der Waals surface area contributed by atoms with Gasteiger partial charge in [-0.2, -0.15) is 0 Å². The number of fused-ring (bicyclic) bond motifs is 5. The summed E-state index contributed by atoms with van der Waals surface area (Å²) in [5, 5.41) is 0. The molecule has 1 spiro atoms. The van der Waals surface area contributed by atoms with E-state index in [-0.39, 0.29) is 18.6 Å². The summed E-state index contributed by atoms with van der Waals surface area (Å²) in [4.78, 5) is 15.7. The van der Waals surface area contributed by atoms with Crippen LogP contribution in [0.4, 0.5) is 5.69 Å². The molecule has 0 radical (unpaired) electrons. The fourth-order valence-corrected chi connectivity index (χ4v) is 4.74. The summed E-state index contributed by atoms with van der Waals surface area (Å²) in [7, 11) is 0. The lowest BCUT2D eigenvalue weighted by Crippen LogP contribution is -2.47. The molecule has 2 unspecified atom stereocenters. The number of amides is 1. The monoisotopic (exact) mass is 395 g/mol. The number of hydrogen-bond acceptors (Lipinski definition) is 6. The summed E-state index contributed by atoms with van der Waals surface area (Å²) in [6, 6.07) is 11.7. The van der Waals surface area contributed by atoms with E-state index in [0.29, 0.717) is 56.8 Å². The van der Waals surface area contributed by atoms with Gasteiger partial charge in [-0.3, -0.25) is 4.79 Å². The van der Waals surface area contributed by atoms with Crippen LogP contribution in [0.3, 0.4) is 0 Å². The number of anilines is 1. The van der Waals surface area contributed by atoms with Crippen molar-refractivity contribution in [1.29, 1.82) is 0 Å². The van der Waals surface area contributed by atoms with E-state index in [4.69, 9.17) is 23.7 Å². The zero-order valence-corrected chi connectivity index (χ0v) is 15.9. The number of para-hydroxylation sites is 1. The normalized spacial score (nSPS) is 27.0. The molecule has 0 saturated carbocycles. The quantitative estimate of drug-likeness (QED) is 0.774. The first-order chi connectivity index (χ1) is 14.3. The SMILES string of the molecule is O=C1N(CC2COCCO2)c2ccccc2C12COc1cc3c(cc12)OCCO3. The fraction of sp³-hybridized carbons (Fsp3) is 0.409. The van der Waals surface area contributed by atoms with Crippen molar-refractivity contribution in [2.45, 2.75) is 11.5 Å². The summed E-state index contributed by atoms with van der Waals surface area (Å²) >= 11 is 0. The van der Waals surface area contributed by atoms with Crippen molar-refractivity contribution in [2.24, 2.45) is 0 Å². The Hall–Kier alpha value is -2.77. The molecule has 1 fully saturated rings. The maximum absolute atomic E-state index is 13.9. The van der Waals surface area contributed by atoms with Crippen LogP contribution in [-0.4, -0.2) is 58.2 Å². The van der Waals surface area contributed by atoms with Gasteiger partial charge in [0.1, 0.15) is 31.0 Å². The van der Waals surface area contributed by atoms with Gasteiger partial charge in [0.05, 0.1) is 32.5 Å². The molecule has 4 aliphatic rings. The smallest absolute Gasteiger partial charge is 0.245 e. The summed E-state index contributed by atoms with van der Waals surface area (Å²) in [6.07, 6.45) is -0.141. The first-order valence-corrected chi connectivity index (χ1v) is 9.95. The molecule has 6 rings (SSSR count). The molecule has 150 valence electrons. The molecule has 2 aromatic carbocycles. The minimum Gasteiger partial charge on any atom is -0.491 e. The van der Waals surface area contributed by atoms with Crippen molar-refractivity contribution in [3.05, 3.63) is 47.5 Å². The van der Waals surface area contributed by atoms with Crippen LogP contribution in [0.25, 0.3) is 0 Å². The highest BCUT2D eigenvalue weighted by atomic mass is 16.6. The number of hydrogen-bond donors (Lipinski definition) is 0. The topological polar surface area (TPSA) is 66.5 Å². The third-order valence-corrected chi connectivity index (χ3v) is 6.08. The van der Waals surface area contributed by atoms with E-state index in [2.05, 4.69) is 0 Å². The minimum atomic E-state index is -0.878. The number of carbonyl (C=O) groups is 1. The maximum atomic E-state index is 13.9. The highest BCUT2D eigenvalue weighted by molar-refractivity contribution is 6.11. The maximum Gasteiger partial charge on any atom is 0.245 e. The molecule has 1 amide bonds. The predicted octanol–water partition coefficient (Wildman–Crippen LogP) is 1.90. The molecule has 7 nitrogen and oxygen atoms in total. The molecule has 2 aromatic rings. The predicted molar refractivity (Wildman–Crippen MR) is 103 cm³/mol. The van der Waals surface area contributed by atoms with E-state index in [9.17, 15) is 4.79 Å². The largest absolute Gasteiger partial charge is 0.491 e. The first kappa shape index (κ1) is 17.1. The molecular formula is C22H21NO6. The molecule has 1 saturated heterocycles. The first-order valence-electron chi connectivity index (χ1n) is 9.95. The lowest BCUT2D eigenvalue weighted by Gasteiger charge is -2.29. The van der Waals surface area contributed by atoms with Gasteiger partial charge in [0, 0.05) is 17.3 Å². The second kappa shape index (κ2) is 6.37. The van der Waals surface area contributed by atoms with Gasteiger partial charge in [-0.05, 0) is 17.7 Å². The molecule has 0 aliphatic carbocycles. The van der Waals surface area contributed by atoms with Crippen LogP contribution in [0.5, 0.6) is 17.2 Å². The van der Waals surface area contributed by atoms with Crippen molar-refractivity contribution in [3.8, 4) is 17.2 Å². The van der Waals surface area contributed by atoms with E-state index in [0.717, 1.165) is 16.8 Å². The molecule has 0 N–H and O–H groups in total. The Kier molecular flexibility index (Phi) is 3.76. The van der Waals surface area contributed by atoms with Gasteiger partial charge in [-0.25, -0.2) is 0 Å². The highest BCUT2D eigenvalue weighted by Crippen LogP contribution is 2.54. The Bertz CT molecular complexity index is 985. The lowest BCUT2D eigenvalue weighted by atomic mass is 9.77. The van der Waals surface area contributed by atoms with Crippen LogP contribution >= 0.6 is 0 Å². The molecule has 0 bridgehead atoms. The van der Waals surface area contributed by atoms with Crippen LogP contribution in [0.15, 0.2) is 36.4 Å². The van der Waals surface area contributed by atoms with E-state index >= 15 is 0 Å². The van der Waals surface area contributed by atoms with Crippen molar-refractivity contribution < 1.29 is 28.5 Å². The Labute approximate surface area is 168 Å². The van der Waals surface area contributed by atoms with Crippen molar-refractivity contribution in [3.63, 3.8) is 0 Å². The highest BCUT2D eigenvalue weighted by Gasteiger charge is 2.57. The molecule has 4 aliphatic heterocycles. The summed E-state index contributed by atoms with van der Waals surface area (Å²) in [6.45, 7) is 3.36. The number of rotatable bonds is 2. The van der Waals surface area contributed by atoms with Crippen molar-refractivity contribution in [2.75, 3.05) is 51.1 Å². The molecule has 4 heterocycles. The van der Waals surface area contributed by atoms with Crippen LogP contribution in [-0.2, 0) is 19.7 Å². The van der Waals surface area contributed by atoms with Gasteiger partial charge < -0.3 is 28.6 Å². The standard InChI is InChI=1S/C22H21NO6/c24-21-22(13-29-18-10-20-19(9-16(18)22)27-7-8-28-20)15-3-1-2-4-17(15)23(21)11-14-12-25-5-6-26-14/h1-4,9-10,14H,5-8,11-13H2. The van der Waals surface area contributed by atoms with Gasteiger partial charge in [-0.15, -0.1) is 0 Å². The second-order valence-corrected chi connectivity index (χ2v) is 7.69. The molecule has 2 atom stereocenters. The van der Waals surface area contributed by atoms with E-state index in [1.54, 1.807) is 0 Å². The fourth-order valence-electron chi connectivity index (χ4n) is 4.74. The van der Waals surface area contributed by atoms with E-state index in [1.807, 2.05) is 41.3 Å². The van der Waals surface area contributed by atoms with E-state index < -0.39 is 5.41 Å². The molecule has 0 aromatic heterocycles. The number of carbonyl (C=O) groups excluding carboxylic acids is 1. The van der Waals surface area contributed by atoms with Gasteiger partial charge in [0.2, 0.25) is 5.91 Å². The van der Waals surface area contributed by atoms with Crippen LogP contribution in [0.2, 0.25) is 0 Å². The number of ether oxygens (including phenoxy) is 5. The average molecular weight is 395 g/mol. The number of nitrogens with zero attached hydrogens (tertiary/aromatic N) is 1. The third-order valence-electron chi connectivity index (χ3n) is 6.08. The summed E-state index contributed by atoms with van der Waals surface area (Å²) < 4.78 is 28.8. The Balaban J connectivity index is 1.45. The summed E-state index contributed by atoms with van der Waals surface area (Å²) in [5.74, 6) is 2.00. The minimum absolute atomic E-state index is 0.00306. The van der Waals surface area contributed by atoms with Crippen molar-refractivity contribution >= 4 is 11.6 Å². The Morgan fingerprint density at radius 3 is 2.59 bits per heavy atom. The van der Waals surface area contributed by atoms with Crippen molar-refractivity contribution in [1.82, 2.24) is 0 Å². The second-order valence-electron chi connectivity index (χ2n) is 7.69. The van der Waals surface area contributed by atoms with E-state index in [1.165, 1.54) is 0 Å². The van der Waals surface area contributed by atoms with Crippen LogP contribution in [0.1, 0.15) is 11.1 Å². The lowest BCUT2D eigenvalue weighted by molar-refractivity contribution is -0.123. The van der Waals surface area contributed by atoms with Gasteiger partial charge >= 0.3 is 0 Å². The zero-order chi connectivity index (χ0) is 19.4. The summed E-state index contributed by atoms with van der Waals surface area (Å²) in [5.41, 5.74) is 1.81. The zero-order valence-electron chi connectivity index (χ0n) is 15.9. The number of benzene rings is 2. The van der Waals surface area contributed by atoms with Crippen LogP contribution < -0.4 is 19.1 Å². The van der Waals surface area contributed by atoms with Crippen LogP contribution in [0, 0.1) is 0 Å².